The van der Waals surface area contributed by atoms with E-state index in [9.17, 15) is 0 Å². The predicted octanol–water partition coefficient (Wildman–Crippen LogP) is 8.10. The standard InChI is InChI=1S/C37H64N4S2/c1-34(42)40(32-18-24-36-20-8-6-9-21-36)30-16-14-28-38-26-12-4-3-5-13-27-39-29-15-17-31-41(35(2)43)33-19-25-37-22-10-7-11-23-37/h6-11,20-23,34-35,38-39,42-43H,3-5,12-19,24-33H2,1-2H3. The Hall–Kier alpha value is -1.02. The molecule has 0 radical (unpaired) electrons. The van der Waals surface area contributed by atoms with Gasteiger partial charge in [0.05, 0.1) is 0 Å². The predicted molar refractivity (Wildman–Crippen MR) is 197 cm³/mol. The molecule has 0 fully saturated rings. The molecule has 2 N–H and O–H groups in total. The van der Waals surface area contributed by atoms with Crippen molar-refractivity contribution < 1.29 is 0 Å². The van der Waals surface area contributed by atoms with E-state index in [2.05, 4.69) is 94.9 Å². The van der Waals surface area contributed by atoms with Crippen molar-refractivity contribution >= 4 is 25.3 Å². The molecule has 2 unspecified atom stereocenters. The third-order valence-corrected chi connectivity index (χ3v) is 9.02. The SMILES string of the molecule is CC(S)N(CCCCNCCCCCCCNCCCCN(CCCc1ccccc1)C(C)S)CCCc1ccccc1. The Morgan fingerprint density at radius 2 is 0.791 bits per heavy atom. The van der Waals surface area contributed by atoms with Crippen molar-refractivity contribution in [1.82, 2.24) is 20.4 Å². The summed E-state index contributed by atoms with van der Waals surface area (Å²) in [6.07, 6.45) is 16.4. The molecule has 2 aromatic carbocycles. The van der Waals surface area contributed by atoms with Crippen LogP contribution in [0.25, 0.3) is 0 Å². The van der Waals surface area contributed by atoms with Gasteiger partial charge in [-0.05, 0) is 142 Å². The first-order valence-corrected chi connectivity index (χ1v) is 18.4. The van der Waals surface area contributed by atoms with E-state index < -0.39 is 0 Å². The largest absolute Gasteiger partial charge is 0.317 e. The van der Waals surface area contributed by atoms with Gasteiger partial charge in [-0.2, -0.15) is 25.3 Å². The molecule has 0 aliphatic rings. The molecule has 0 bridgehead atoms. The lowest BCUT2D eigenvalue weighted by Crippen LogP contribution is -2.32. The lowest BCUT2D eigenvalue weighted by atomic mass is 10.1. The first-order chi connectivity index (χ1) is 21.1. The Balaban J connectivity index is 1.32. The van der Waals surface area contributed by atoms with Crippen LogP contribution < -0.4 is 10.6 Å². The molecule has 0 aliphatic heterocycles. The van der Waals surface area contributed by atoms with E-state index >= 15 is 0 Å². The topological polar surface area (TPSA) is 30.5 Å². The number of unbranched alkanes of at least 4 members (excludes halogenated alkanes) is 6. The Morgan fingerprint density at radius 1 is 0.465 bits per heavy atom. The molecule has 244 valence electrons. The molecule has 2 aromatic rings. The number of rotatable bonds is 28. The van der Waals surface area contributed by atoms with E-state index in [4.69, 9.17) is 25.3 Å². The second-order valence-corrected chi connectivity index (χ2v) is 13.7. The first-order valence-electron chi connectivity index (χ1n) is 17.4. The van der Waals surface area contributed by atoms with E-state index in [0.29, 0.717) is 10.7 Å². The van der Waals surface area contributed by atoms with Gasteiger partial charge in [0.2, 0.25) is 0 Å². The van der Waals surface area contributed by atoms with E-state index in [1.54, 1.807) is 0 Å². The highest BCUT2D eigenvalue weighted by Crippen LogP contribution is 2.11. The second-order valence-electron chi connectivity index (χ2n) is 12.2. The van der Waals surface area contributed by atoms with Crippen molar-refractivity contribution in [2.75, 3.05) is 52.4 Å². The Bertz CT molecular complexity index is 794. The fourth-order valence-electron chi connectivity index (χ4n) is 5.64. The lowest BCUT2D eigenvalue weighted by Gasteiger charge is -2.25. The summed E-state index contributed by atoms with van der Waals surface area (Å²) >= 11 is 9.44. The summed E-state index contributed by atoms with van der Waals surface area (Å²) in [5.74, 6) is 0. The molecular weight excluding hydrogens is 565 g/mol. The van der Waals surface area contributed by atoms with Crippen LogP contribution in [0.2, 0.25) is 0 Å². The second kappa shape index (κ2) is 26.2. The number of nitrogens with one attached hydrogen (secondary N) is 2. The van der Waals surface area contributed by atoms with Crippen LogP contribution in [0, 0.1) is 0 Å². The summed E-state index contributed by atoms with van der Waals surface area (Å²) in [4.78, 5) is 5.04. The van der Waals surface area contributed by atoms with Crippen LogP contribution in [-0.2, 0) is 12.8 Å². The molecule has 6 heteroatoms. The zero-order valence-corrected chi connectivity index (χ0v) is 29.4. The van der Waals surface area contributed by atoms with E-state index in [0.717, 1.165) is 65.2 Å². The molecular formula is C37H64N4S2. The molecule has 2 rings (SSSR count). The maximum atomic E-state index is 4.72. The molecule has 0 saturated carbocycles. The highest BCUT2D eigenvalue weighted by molar-refractivity contribution is 7.81. The Morgan fingerprint density at radius 3 is 1.16 bits per heavy atom. The van der Waals surface area contributed by atoms with Crippen LogP contribution in [0.3, 0.4) is 0 Å². The van der Waals surface area contributed by atoms with Gasteiger partial charge in [-0.1, -0.05) is 79.9 Å². The maximum absolute atomic E-state index is 4.72. The van der Waals surface area contributed by atoms with Gasteiger partial charge in [0.15, 0.2) is 0 Å². The number of hydrogen-bond donors (Lipinski definition) is 4. The molecule has 0 aliphatic carbocycles. The summed E-state index contributed by atoms with van der Waals surface area (Å²) < 4.78 is 0. The molecule has 43 heavy (non-hydrogen) atoms. The van der Waals surface area contributed by atoms with E-state index in [-0.39, 0.29) is 0 Å². The van der Waals surface area contributed by atoms with Crippen LogP contribution in [-0.4, -0.2) is 72.9 Å². The fourth-order valence-corrected chi connectivity index (χ4v) is 6.10. The van der Waals surface area contributed by atoms with Gasteiger partial charge in [0, 0.05) is 10.7 Å². The van der Waals surface area contributed by atoms with Crippen LogP contribution in [0.5, 0.6) is 0 Å². The molecule has 0 saturated heterocycles. The number of nitrogens with zero attached hydrogens (tertiary/aromatic N) is 2. The Labute approximate surface area is 277 Å². The van der Waals surface area contributed by atoms with Crippen LogP contribution in [0.1, 0.15) is 95.6 Å². The molecule has 0 aromatic heterocycles. The van der Waals surface area contributed by atoms with E-state index in [1.807, 2.05) is 0 Å². The monoisotopic (exact) mass is 628 g/mol. The number of hydrogen-bond acceptors (Lipinski definition) is 6. The van der Waals surface area contributed by atoms with Crippen molar-refractivity contribution in [2.24, 2.45) is 0 Å². The number of aryl methyl sites for hydroxylation is 2. The zero-order chi connectivity index (χ0) is 30.8. The van der Waals surface area contributed by atoms with Crippen LogP contribution >= 0.6 is 25.3 Å². The van der Waals surface area contributed by atoms with E-state index in [1.165, 1.54) is 81.8 Å². The van der Waals surface area contributed by atoms with Crippen LogP contribution in [0.15, 0.2) is 60.7 Å². The van der Waals surface area contributed by atoms with Gasteiger partial charge in [-0.15, -0.1) is 0 Å². The van der Waals surface area contributed by atoms with Gasteiger partial charge in [-0.3, -0.25) is 9.80 Å². The summed E-state index contributed by atoms with van der Waals surface area (Å²) in [6, 6.07) is 21.7. The minimum atomic E-state index is 0.331. The molecule has 4 nitrogen and oxygen atoms in total. The van der Waals surface area contributed by atoms with Crippen molar-refractivity contribution in [3.8, 4) is 0 Å². The summed E-state index contributed by atoms with van der Waals surface area (Å²) in [7, 11) is 0. The third-order valence-electron chi connectivity index (χ3n) is 8.37. The quantitative estimate of drug-likeness (QED) is 0.0436. The number of thiol groups is 2. The maximum Gasteiger partial charge on any atom is 0.0499 e. The van der Waals surface area contributed by atoms with Gasteiger partial charge in [0.25, 0.3) is 0 Å². The summed E-state index contributed by atoms with van der Waals surface area (Å²) in [5, 5.41) is 7.98. The summed E-state index contributed by atoms with van der Waals surface area (Å²) in [5.41, 5.74) is 2.88. The van der Waals surface area contributed by atoms with Crippen molar-refractivity contribution in [3.63, 3.8) is 0 Å². The average Bonchev–Trinajstić information content (AvgIpc) is 3.01. The molecule has 0 heterocycles. The first kappa shape index (κ1) is 38.2. The zero-order valence-electron chi connectivity index (χ0n) is 27.6. The van der Waals surface area contributed by atoms with Crippen molar-refractivity contribution in [3.05, 3.63) is 71.8 Å². The smallest absolute Gasteiger partial charge is 0.0499 e. The fraction of sp³-hybridized carbons (Fsp3) is 0.676. The van der Waals surface area contributed by atoms with Crippen molar-refractivity contribution in [2.45, 2.75) is 108 Å². The van der Waals surface area contributed by atoms with Gasteiger partial charge in [0.1, 0.15) is 0 Å². The Kier molecular flexibility index (Phi) is 23.3. The normalized spacial score (nSPS) is 13.2. The molecule has 0 amide bonds. The van der Waals surface area contributed by atoms with Crippen molar-refractivity contribution in [1.29, 1.82) is 0 Å². The average molecular weight is 629 g/mol. The highest BCUT2D eigenvalue weighted by atomic mass is 32.1. The minimum Gasteiger partial charge on any atom is -0.317 e. The lowest BCUT2D eigenvalue weighted by molar-refractivity contribution is 0.259. The molecule has 2 atom stereocenters. The number of benzene rings is 2. The highest BCUT2D eigenvalue weighted by Gasteiger charge is 2.10. The third kappa shape index (κ3) is 20.6. The van der Waals surface area contributed by atoms with Crippen LogP contribution in [0.4, 0.5) is 0 Å². The minimum absolute atomic E-state index is 0.331. The summed E-state index contributed by atoms with van der Waals surface area (Å²) in [6.45, 7) is 13.6. The van der Waals surface area contributed by atoms with Gasteiger partial charge >= 0.3 is 0 Å². The molecule has 0 spiro atoms. The van der Waals surface area contributed by atoms with Gasteiger partial charge < -0.3 is 10.6 Å². The van der Waals surface area contributed by atoms with Gasteiger partial charge in [-0.25, -0.2) is 0 Å².